The minimum Gasteiger partial charge on any atom is -0.505 e. The number of nitrogens with zero attached hydrogens (tertiary/aromatic N) is 2. The molecule has 0 amide bonds. The van der Waals surface area contributed by atoms with Crippen molar-refractivity contribution in [2.45, 2.75) is 57.9 Å². The first-order valence-corrected chi connectivity index (χ1v) is 14.8. The zero-order valence-corrected chi connectivity index (χ0v) is 23.4. The van der Waals surface area contributed by atoms with Crippen LogP contribution in [-0.2, 0) is 0 Å². The number of hydrogen-bond acceptors (Lipinski definition) is 5. The number of phenols is 1. The molecule has 1 aliphatic heterocycles. The number of Topliss-reactive ketones (excluding diaryl/α,β-unsaturated/α-hetero) is 1. The van der Waals surface area contributed by atoms with Crippen molar-refractivity contribution in [3.8, 4) is 16.9 Å². The number of ketones is 1. The number of aromatic nitrogens is 1. The zero-order chi connectivity index (χ0) is 26.4. The van der Waals surface area contributed by atoms with E-state index in [4.69, 9.17) is 23.2 Å². The minimum absolute atomic E-state index is 0.117. The normalized spacial score (nSPS) is 24.1. The first-order valence-electron chi connectivity index (χ1n) is 14.0. The van der Waals surface area contributed by atoms with Crippen molar-refractivity contribution in [1.29, 1.82) is 0 Å². The number of benzene rings is 2. The van der Waals surface area contributed by atoms with Crippen molar-refractivity contribution in [3.05, 3.63) is 52.1 Å². The molecule has 1 saturated heterocycles. The van der Waals surface area contributed by atoms with Crippen LogP contribution in [0.1, 0.15) is 62.2 Å². The Bertz CT molecular complexity index is 1340. The second-order valence-corrected chi connectivity index (χ2v) is 12.5. The maximum Gasteiger partial charge on any atom is 0.169 e. The van der Waals surface area contributed by atoms with Crippen molar-refractivity contribution >= 4 is 45.6 Å². The van der Waals surface area contributed by atoms with Gasteiger partial charge in [0.05, 0.1) is 26.8 Å². The predicted molar refractivity (Wildman–Crippen MR) is 156 cm³/mol. The summed E-state index contributed by atoms with van der Waals surface area (Å²) in [5, 5.41) is 15.2. The van der Waals surface area contributed by atoms with E-state index in [-0.39, 0.29) is 27.5 Å². The Kier molecular flexibility index (Phi) is 7.28. The highest BCUT2D eigenvalue weighted by atomic mass is 35.5. The Morgan fingerprint density at radius 2 is 1.76 bits per heavy atom. The molecule has 2 N–H and O–H groups in total. The second kappa shape index (κ2) is 10.7. The van der Waals surface area contributed by atoms with Gasteiger partial charge in [0.1, 0.15) is 0 Å². The van der Waals surface area contributed by atoms with Crippen LogP contribution in [0.4, 0.5) is 5.69 Å². The highest BCUT2D eigenvalue weighted by molar-refractivity contribution is 6.37. The molecule has 1 aromatic heterocycles. The lowest BCUT2D eigenvalue weighted by atomic mass is 9.85. The summed E-state index contributed by atoms with van der Waals surface area (Å²) in [6, 6.07) is 9.78. The van der Waals surface area contributed by atoms with Gasteiger partial charge in [-0.25, -0.2) is 0 Å². The number of halogens is 2. The third kappa shape index (κ3) is 5.38. The number of carbonyl (C=O) groups excluding carboxylic acids is 1. The number of rotatable bonds is 7. The van der Waals surface area contributed by atoms with Gasteiger partial charge >= 0.3 is 0 Å². The van der Waals surface area contributed by atoms with Crippen LogP contribution in [0.15, 0.2) is 36.5 Å². The predicted octanol–water partition coefficient (Wildman–Crippen LogP) is 7.82. The van der Waals surface area contributed by atoms with Gasteiger partial charge in [0, 0.05) is 36.6 Å². The molecule has 38 heavy (non-hydrogen) atoms. The van der Waals surface area contributed by atoms with Crippen LogP contribution in [0, 0.1) is 17.8 Å². The van der Waals surface area contributed by atoms with E-state index >= 15 is 0 Å². The van der Waals surface area contributed by atoms with Gasteiger partial charge < -0.3 is 15.3 Å². The van der Waals surface area contributed by atoms with Crippen molar-refractivity contribution in [2.75, 3.05) is 25.0 Å². The van der Waals surface area contributed by atoms with Crippen molar-refractivity contribution in [2.24, 2.45) is 17.8 Å². The molecule has 0 radical (unpaired) electrons. The third-order valence-electron chi connectivity index (χ3n) is 8.65. The number of nitrogens with one attached hydrogen (secondary N) is 1. The fraction of sp³-hybridized carbons (Fsp3) is 0.484. The van der Waals surface area contributed by atoms with Crippen LogP contribution in [-0.4, -0.2) is 46.4 Å². The second-order valence-electron chi connectivity index (χ2n) is 11.7. The first kappa shape index (κ1) is 25.9. The summed E-state index contributed by atoms with van der Waals surface area (Å²) in [6.45, 7) is 6.07. The lowest BCUT2D eigenvalue weighted by molar-refractivity contribution is 0.0968. The Morgan fingerprint density at radius 3 is 2.42 bits per heavy atom. The van der Waals surface area contributed by atoms with Gasteiger partial charge in [-0.05, 0) is 98.7 Å². The Labute approximate surface area is 234 Å². The average molecular weight is 553 g/mol. The van der Waals surface area contributed by atoms with Crippen LogP contribution >= 0.6 is 23.2 Å². The minimum atomic E-state index is -0.117. The topological polar surface area (TPSA) is 65.5 Å². The summed E-state index contributed by atoms with van der Waals surface area (Å²) in [5.41, 5.74) is 4.16. The number of fused-ring (bicyclic) bond motifs is 1. The van der Waals surface area contributed by atoms with E-state index in [0.29, 0.717) is 11.6 Å². The molecule has 3 fully saturated rings. The summed E-state index contributed by atoms with van der Waals surface area (Å²) < 4.78 is 0. The standard InChI is InChI=1S/C31H35Cl2N3O2/c1-18-10-11-36(16-18)17-19-2-7-23(8-3-19)35-29-24-12-21(22-13-26(32)31(38)27(33)14-22)6-9-28(24)34-15-25(29)30(37)20-4-5-20/h6,9,12-15,18-20,23,38H,2-5,7-8,10-11,16-17H2,1H3,(H,34,35)/t18-,19?,23?/m1/s1. The number of carbonyl (C=O) groups is 1. The number of likely N-dealkylation sites (tertiary alicyclic amines) is 1. The molecule has 0 unspecified atom stereocenters. The van der Waals surface area contributed by atoms with E-state index in [9.17, 15) is 9.90 Å². The largest absolute Gasteiger partial charge is 0.505 e. The smallest absolute Gasteiger partial charge is 0.169 e. The van der Waals surface area contributed by atoms with Crippen LogP contribution in [0.25, 0.3) is 22.0 Å². The van der Waals surface area contributed by atoms with Gasteiger partial charge in [-0.15, -0.1) is 0 Å². The molecule has 2 aliphatic carbocycles. The number of pyridine rings is 1. The highest BCUT2D eigenvalue weighted by Crippen LogP contribution is 2.41. The van der Waals surface area contributed by atoms with Crippen LogP contribution in [0.2, 0.25) is 10.0 Å². The highest BCUT2D eigenvalue weighted by Gasteiger charge is 2.33. The van der Waals surface area contributed by atoms with E-state index in [2.05, 4.69) is 28.2 Å². The molecule has 3 aromatic rings. The van der Waals surface area contributed by atoms with Crippen LogP contribution in [0.5, 0.6) is 5.75 Å². The SMILES string of the molecule is C[C@@H]1CCN(CC2CCC(Nc3c(C(=O)C4CC4)cnc4ccc(-c5cc(Cl)c(O)c(Cl)c5)cc34)CC2)C1. The van der Waals surface area contributed by atoms with Gasteiger partial charge in [0.15, 0.2) is 11.5 Å². The van der Waals surface area contributed by atoms with Gasteiger partial charge in [-0.1, -0.05) is 36.2 Å². The van der Waals surface area contributed by atoms with Crippen molar-refractivity contribution in [3.63, 3.8) is 0 Å². The van der Waals surface area contributed by atoms with E-state index in [1.807, 2.05) is 12.1 Å². The summed E-state index contributed by atoms with van der Waals surface area (Å²) in [6.07, 6.45) is 9.66. The van der Waals surface area contributed by atoms with Gasteiger partial charge in [-0.2, -0.15) is 0 Å². The molecule has 0 bridgehead atoms. The molecular weight excluding hydrogens is 517 g/mol. The first-order chi connectivity index (χ1) is 18.4. The maximum atomic E-state index is 13.3. The number of anilines is 1. The molecule has 200 valence electrons. The van der Waals surface area contributed by atoms with E-state index in [1.54, 1.807) is 18.3 Å². The van der Waals surface area contributed by atoms with Gasteiger partial charge in [-0.3, -0.25) is 9.78 Å². The van der Waals surface area contributed by atoms with Gasteiger partial charge in [0.2, 0.25) is 0 Å². The monoisotopic (exact) mass is 551 g/mol. The molecule has 0 spiro atoms. The number of phenolic OH excluding ortho intramolecular Hbond substituents is 1. The maximum absolute atomic E-state index is 13.3. The lowest BCUT2D eigenvalue weighted by Gasteiger charge is -2.32. The molecule has 2 aromatic carbocycles. The van der Waals surface area contributed by atoms with Crippen molar-refractivity contribution < 1.29 is 9.90 Å². The summed E-state index contributed by atoms with van der Waals surface area (Å²) in [4.78, 5) is 20.6. The molecule has 1 atom stereocenters. The van der Waals surface area contributed by atoms with Crippen LogP contribution in [0.3, 0.4) is 0 Å². The molecule has 3 aliphatic rings. The average Bonchev–Trinajstić information content (AvgIpc) is 3.69. The lowest BCUT2D eigenvalue weighted by Crippen LogP contribution is -2.33. The van der Waals surface area contributed by atoms with E-state index in [1.165, 1.54) is 38.9 Å². The number of hydrogen-bond donors (Lipinski definition) is 2. The fourth-order valence-corrected chi connectivity index (χ4v) is 6.75. The Hall–Kier alpha value is -2.34. The quantitative estimate of drug-likeness (QED) is 0.293. The van der Waals surface area contributed by atoms with E-state index < -0.39 is 0 Å². The number of aromatic hydroxyl groups is 1. The molecule has 6 rings (SSSR count). The molecule has 2 saturated carbocycles. The van der Waals surface area contributed by atoms with Gasteiger partial charge in [0.25, 0.3) is 0 Å². The Morgan fingerprint density at radius 1 is 1.03 bits per heavy atom. The molecular formula is C31H35Cl2N3O2. The summed E-state index contributed by atoms with van der Waals surface area (Å²) in [7, 11) is 0. The van der Waals surface area contributed by atoms with Crippen LogP contribution < -0.4 is 5.32 Å². The third-order valence-corrected chi connectivity index (χ3v) is 9.23. The molecule has 5 nitrogen and oxygen atoms in total. The van der Waals surface area contributed by atoms with E-state index in [0.717, 1.165) is 65.2 Å². The summed E-state index contributed by atoms with van der Waals surface area (Å²) in [5.74, 6) is 1.78. The molecule has 2 heterocycles. The molecule has 7 heteroatoms. The Balaban J connectivity index is 1.28. The van der Waals surface area contributed by atoms with Crippen molar-refractivity contribution in [1.82, 2.24) is 9.88 Å². The zero-order valence-electron chi connectivity index (χ0n) is 21.9. The summed E-state index contributed by atoms with van der Waals surface area (Å²) >= 11 is 12.4. The fourth-order valence-electron chi connectivity index (χ4n) is 6.26.